The minimum Gasteiger partial charge on any atom is -0.345 e. The zero-order valence-corrected chi connectivity index (χ0v) is 13.4. The molecule has 1 aromatic heterocycles. The molecule has 8 heteroatoms. The number of anilines is 1. The van der Waals surface area contributed by atoms with Gasteiger partial charge in [0.05, 0.1) is 5.69 Å². The van der Waals surface area contributed by atoms with Crippen LogP contribution in [0.15, 0.2) is 0 Å². The van der Waals surface area contributed by atoms with Crippen molar-refractivity contribution in [2.75, 3.05) is 45.2 Å². The maximum Gasteiger partial charge on any atom is 0.281 e. The smallest absolute Gasteiger partial charge is 0.281 e. The molecule has 1 aromatic rings. The second-order valence-electron chi connectivity index (χ2n) is 4.81. The average Bonchev–Trinajstić information content (AvgIpc) is 2.69. The van der Waals surface area contributed by atoms with E-state index < -0.39 is 10.2 Å². The molecule has 108 valence electrons. The van der Waals surface area contributed by atoms with Gasteiger partial charge in [-0.25, -0.2) is 4.98 Å². The first-order chi connectivity index (χ1) is 8.82. The first-order valence-corrected chi connectivity index (χ1v) is 8.40. The third kappa shape index (κ3) is 2.91. The molecule has 6 nitrogen and oxygen atoms in total. The summed E-state index contributed by atoms with van der Waals surface area (Å²) in [4.78, 5) is 7.90. The van der Waals surface area contributed by atoms with E-state index in [1.165, 1.54) is 13.5 Å². The van der Waals surface area contributed by atoms with Crippen LogP contribution in [0, 0.1) is 13.8 Å². The van der Waals surface area contributed by atoms with E-state index in [2.05, 4.69) is 16.8 Å². The zero-order chi connectivity index (χ0) is 14.2. The van der Waals surface area contributed by atoms with Gasteiger partial charge in [-0.05, 0) is 13.8 Å². The Bertz CT molecular complexity index is 526. The van der Waals surface area contributed by atoms with Crippen molar-refractivity contribution in [2.45, 2.75) is 13.8 Å². The Morgan fingerprint density at radius 3 is 2.16 bits per heavy atom. The molecule has 0 unspecified atom stereocenters. The number of thiazole rings is 1. The molecular formula is C11H20N4O2S2. The van der Waals surface area contributed by atoms with Gasteiger partial charge in [-0.1, -0.05) is 0 Å². The van der Waals surface area contributed by atoms with Gasteiger partial charge in [0.2, 0.25) is 0 Å². The van der Waals surface area contributed by atoms with Crippen molar-refractivity contribution in [1.29, 1.82) is 0 Å². The predicted molar refractivity (Wildman–Crippen MR) is 78.0 cm³/mol. The molecule has 19 heavy (non-hydrogen) atoms. The van der Waals surface area contributed by atoms with Crippen molar-refractivity contribution in [1.82, 2.24) is 13.6 Å². The molecule has 1 fully saturated rings. The standard InChI is InChI=1S/C11H20N4O2S2/c1-9-10(2)18-11(12-9)14-5-7-15(8-6-14)19(16,17)13(3)4/h5-8H2,1-4H3. The topological polar surface area (TPSA) is 56.8 Å². The molecule has 1 aliphatic heterocycles. The number of aromatic nitrogens is 1. The Labute approximate surface area is 118 Å². The molecule has 0 aromatic carbocycles. The van der Waals surface area contributed by atoms with Crippen molar-refractivity contribution in [3.8, 4) is 0 Å². The van der Waals surface area contributed by atoms with Gasteiger partial charge in [0.1, 0.15) is 0 Å². The van der Waals surface area contributed by atoms with E-state index in [1.807, 2.05) is 6.92 Å². The Balaban J connectivity index is 2.04. The summed E-state index contributed by atoms with van der Waals surface area (Å²) in [7, 11) is -0.156. The predicted octanol–water partition coefficient (Wildman–Crippen LogP) is 0.688. The fourth-order valence-electron chi connectivity index (χ4n) is 1.93. The van der Waals surface area contributed by atoms with Gasteiger partial charge in [0, 0.05) is 45.2 Å². The Morgan fingerprint density at radius 2 is 1.74 bits per heavy atom. The van der Waals surface area contributed by atoms with Crippen molar-refractivity contribution in [3.05, 3.63) is 10.6 Å². The molecule has 0 bridgehead atoms. The summed E-state index contributed by atoms with van der Waals surface area (Å²) in [6, 6.07) is 0. The first kappa shape index (κ1) is 14.7. The van der Waals surface area contributed by atoms with Crippen molar-refractivity contribution < 1.29 is 8.42 Å². The number of nitrogens with zero attached hydrogens (tertiary/aromatic N) is 4. The first-order valence-electron chi connectivity index (χ1n) is 6.19. The number of hydrogen-bond acceptors (Lipinski definition) is 5. The third-order valence-corrected chi connectivity index (χ3v) is 6.39. The van der Waals surface area contributed by atoms with Crippen LogP contribution in [0.25, 0.3) is 0 Å². The number of piperazine rings is 1. The molecule has 1 aliphatic rings. The van der Waals surface area contributed by atoms with Gasteiger partial charge in [0.15, 0.2) is 5.13 Å². The SMILES string of the molecule is Cc1nc(N2CCN(S(=O)(=O)N(C)C)CC2)sc1C. The summed E-state index contributed by atoms with van der Waals surface area (Å²) in [6.07, 6.45) is 0. The number of hydrogen-bond donors (Lipinski definition) is 0. The maximum absolute atomic E-state index is 12.0. The molecule has 2 rings (SSSR count). The molecule has 1 saturated heterocycles. The van der Waals surface area contributed by atoms with Crippen LogP contribution < -0.4 is 4.90 Å². The number of rotatable bonds is 3. The quantitative estimate of drug-likeness (QED) is 0.824. The Kier molecular flexibility index (Phi) is 4.14. The van der Waals surface area contributed by atoms with Gasteiger partial charge in [0.25, 0.3) is 10.2 Å². The highest BCUT2D eigenvalue weighted by Gasteiger charge is 2.29. The Morgan fingerprint density at radius 1 is 1.16 bits per heavy atom. The maximum atomic E-state index is 12.0. The highest BCUT2D eigenvalue weighted by Crippen LogP contribution is 2.26. The van der Waals surface area contributed by atoms with Crippen LogP contribution >= 0.6 is 11.3 Å². The lowest BCUT2D eigenvalue weighted by Crippen LogP contribution is -2.51. The summed E-state index contributed by atoms with van der Waals surface area (Å²) in [5.74, 6) is 0. The van der Waals surface area contributed by atoms with E-state index in [9.17, 15) is 8.42 Å². The minimum absolute atomic E-state index is 0.512. The fraction of sp³-hybridized carbons (Fsp3) is 0.727. The highest BCUT2D eigenvalue weighted by atomic mass is 32.2. The highest BCUT2D eigenvalue weighted by molar-refractivity contribution is 7.86. The normalized spacial score (nSPS) is 18.3. The van der Waals surface area contributed by atoms with Crippen LogP contribution in [0.2, 0.25) is 0 Å². The molecule has 0 saturated carbocycles. The average molecular weight is 304 g/mol. The lowest BCUT2D eigenvalue weighted by molar-refractivity contribution is 0.355. The molecule has 0 atom stereocenters. The van der Waals surface area contributed by atoms with Gasteiger partial charge in [-0.15, -0.1) is 11.3 Å². The van der Waals surface area contributed by atoms with E-state index in [1.54, 1.807) is 25.4 Å². The summed E-state index contributed by atoms with van der Waals surface area (Å²) in [5.41, 5.74) is 1.06. The van der Waals surface area contributed by atoms with Gasteiger partial charge in [-0.2, -0.15) is 17.0 Å². The largest absolute Gasteiger partial charge is 0.345 e. The number of aryl methyl sites for hydroxylation is 2. The van der Waals surface area contributed by atoms with Crippen LogP contribution in [0.1, 0.15) is 10.6 Å². The van der Waals surface area contributed by atoms with Gasteiger partial charge < -0.3 is 4.90 Å². The minimum atomic E-state index is -3.29. The van der Waals surface area contributed by atoms with Gasteiger partial charge in [-0.3, -0.25) is 0 Å². The molecule has 0 N–H and O–H groups in total. The van der Waals surface area contributed by atoms with E-state index in [4.69, 9.17) is 0 Å². The van der Waals surface area contributed by atoms with Crippen molar-refractivity contribution in [2.24, 2.45) is 0 Å². The zero-order valence-electron chi connectivity index (χ0n) is 11.8. The van der Waals surface area contributed by atoms with E-state index in [0.29, 0.717) is 26.2 Å². The van der Waals surface area contributed by atoms with Crippen LogP contribution in [0.5, 0.6) is 0 Å². The van der Waals surface area contributed by atoms with E-state index in [-0.39, 0.29) is 0 Å². The lowest BCUT2D eigenvalue weighted by atomic mass is 10.4. The van der Waals surface area contributed by atoms with Crippen molar-refractivity contribution >= 4 is 26.7 Å². The van der Waals surface area contributed by atoms with E-state index >= 15 is 0 Å². The second kappa shape index (κ2) is 5.35. The molecule has 0 amide bonds. The summed E-state index contributed by atoms with van der Waals surface area (Å²) in [6.45, 7) is 6.47. The molecule has 0 aliphatic carbocycles. The summed E-state index contributed by atoms with van der Waals surface area (Å²) < 4.78 is 26.8. The van der Waals surface area contributed by atoms with Crippen LogP contribution in [-0.2, 0) is 10.2 Å². The molecule has 2 heterocycles. The lowest BCUT2D eigenvalue weighted by Gasteiger charge is -2.34. The molecule has 0 radical (unpaired) electrons. The van der Waals surface area contributed by atoms with Crippen LogP contribution in [0.4, 0.5) is 5.13 Å². The molecular weight excluding hydrogens is 284 g/mol. The molecule has 0 spiro atoms. The van der Waals surface area contributed by atoms with Crippen molar-refractivity contribution in [3.63, 3.8) is 0 Å². The fourth-order valence-corrected chi connectivity index (χ4v) is 3.98. The van der Waals surface area contributed by atoms with E-state index in [0.717, 1.165) is 10.8 Å². The van der Waals surface area contributed by atoms with Gasteiger partial charge >= 0.3 is 0 Å². The second-order valence-corrected chi connectivity index (χ2v) is 8.14. The Hall–Kier alpha value is -0.700. The monoisotopic (exact) mass is 304 g/mol. The summed E-state index contributed by atoms with van der Waals surface area (Å²) >= 11 is 1.67. The third-order valence-electron chi connectivity index (χ3n) is 3.31. The summed E-state index contributed by atoms with van der Waals surface area (Å²) in [5, 5.41) is 0.997. The van der Waals surface area contributed by atoms with Crippen LogP contribution in [-0.4, -0.2) is 62.3 Å². The van der Waals surface area contributed by atoms with Crippen LogP contribution in [0.3, 0.4) is 0 Å².